The second-order valence-corrected chi connectivity index (χ2v) is 8.60. The molecule has 4 atom stereocenters. The highest BCUT2D eigenvalue weighted by molar-refractivity contribution is 7.52. The van der Waals surface area contributed by atoms with E-state index in [0.717, 1.165) is 0 Å². The Bertz CT molecular complexity index is 1000. The number of para-hydroxylation sites is 1. The minimum Gasteiger partial charge on any atom is -0.468 e. The van der Waals surface area contributed by atoms with Gasteiger partial charge in [0.15, 0.2) is 0 Å². The van der Waals surface area contributed by atoms with Gasteiger partial charge in [-0.05, 0) is 38.0 Å². The SMILES string of the molecule is CC.COC(=O)[C@H](C)NP(=O)(OCC1CCC(n2ccc(N)nc2=O)O1)Oc1ccccc1. The Morgan fingerprint density at radius 3 is 2.64 bits per heavy atom. The van der Waals surface area contributed by atoms with Crippen molar-refractivity contribution in [3.8, 4) is 5.75 Å². The van der Waals surface area contributed by atoms with Crippen molar-refractivity contribution in [3.05, 3.63) is 53.1 Å². The summed E-state index contributed by atoms with van der Waals surface area (Å²) >= 11 is 0. The van der Waals surface area contributed by atoms with Gasteiger partial charge < -0.3 is 19.7 Å². The molecule has 0 bridgehead atoms. The topological polar surface area (TPSA) is 144 Å². The number of nitrogens with two attached hydrogens (primary N) is 1. The number of ether oxygens (including phenoxy) is 2. The fourth-order valence-corrected chi connectivity index (χ4v) is 4.54. The van der Waals surface area contributed by atoms with Gasteiger partial charge in [-0.1, -0.05) is 32.0 Å². The molecular weight excluding hydrogens is 451 g/mol. The number of nitrogen functional groups attached to an aromatic ring is 1. The number of aromatic nitrogens is 2. The van der Waals surface area contributed by atoms with Gasteiger partial charge in [-0.25, -0.2) is 9.36 Å². The van der Waals surface area contributed by atoms with Gasteiger partial charge in [0.2, 0.25) is 0 Å². The van der Waals surface area contributed by atoms with Gasteiger partial charge in [0.25, 0.3) is 0 Å². The normalized spacial score (nSPS) is 20.1. The molecular formula is C21H31N4O7P. The summed E-state index contributed by atoms with van der Waals surface area (Å²) in [6.45, 7) is 5.40. The second kappa shape index (κ2) is 12.5. The number of carbonyl (C=O) groups excluding carboxylic acids is 1. The van der Waals surface area contributed by atoms with Gasteiger partial charge in [-0.3, -0.25) is 13.9 Å². The van der Waals surface area contributed by atoms with Crippen molar-refractivity contribution in [1.29, 1.82) is 0 Å². The van der Waals surface area contributed by atoms with Crippen molar-refractivity contribution in [2.75, 3.05) is 19.5 Å². The van der Waals surface area contributed by atoms with Gasteiger partial charge in [-0.15, -0.1) is 0 Å². The average molecular weight is 482 g/mol. The van der Waals surface area contributed by atoms with Crippen LogP contribution in [0.2, 0.25) is 0 Å². The van der Waals surface area contributed by atoms with Crippen LogP contribution in [0.4, 0.5) is 5.82 Å². The monoisotopic (exact) mass is 482 g/mol. The maximum Gasteiger partial charge on any atom is 0.459 e. The molecule has 11 nitrogen and oxygen atoms in total. The molecule has 0 aliphatic carbocycles. The van der Waals surface area contributed by atoms with Crippen LogP contribution in [0.1, 0.15) is 39.8 Å². The molecule has 0 amide bonds. The quantitative estimate of drug-likeness (QED) is 0.404. The molecule has 1 aromatic carbocycles. The number of nitrogens with zero attached hydrogens (tertiary/aromatic N) is 2. The van der Waals surface area contributed by atoms with E-state index in [0.29, 0.717) is 18.6 Å². The lowest BCUT2D eigenvalue weighted by molar-refractivity contribution is -0.142. The van der Waals surface area contributed by atoms with Gasteiger partial charge in [0.05, 0.1) is 19.8 Å². The number of nitrogens with one attached hydrogen (secondary N) is 1. The minimum atomic E-state index is -3.95. The summed E-state index contributed by atoms with van der Waals surface area (Å²) in [6.07, 6.45) is 1.62. The molecule has 1 aromatic heterocycles. The van der Waals surface area contributed by atoms with Crippen LogP contribution >= 0.6 is 7.75 Å². The number of methoxy groups -OCH3 is 1. The Morgan fingerprint density at radius 2 is 2.00 bits per heavy atom. The Kier molecular flexibility index (Phi) is 10.1. The van der Waals surface area contributed by atoms with Gasteiger partial charge >= 0.3 is 19.4 Å². The highest BCUT2D eigenvalue weighted by Crippen LogP contribution is 2.45. The minimum absolute atomic E-state index is 0.0847. The summed E-state index contributed by atoms with van der Waals surface area (Å²) in [4.78, 5) is 27.5. The van der Waals surface area contributed by atoms with Crippen LogP contribution in [0.15, 0.2) is 47.4 Å². The van der Waals surface area contributed by atoms with E-state index in [4.69, 9.17) is 19.5 Å². The van der Waals surface area contributed by atoms with Crippen LogP contribution in [0.3, 0.4) is 0 Å². The summed E-state index contributed by atoms with van der Waals surface area (Å²) in [6, 6.07) is 9.01. The molecule has 2 heterocycles. The molecule has 1 aliphatic heterocycles. The molecule has 182 valence electrons. The Hall–Kier alpha value is -2.72. The summed E-state index contributed by atoms with van der Waals surface area (Å²) in [5, 5.41) is 2.58. The zero-order valence-corrected chi connectivity index (χ0v) is 20.1. The predicted octanol–water partition coefficient (Wildman–Crippen LogP) is 2.88. The van der Waals surface area contributed by atoms with Gasteiger partial charge in [0.1, 0.15) is 23.8 Å². The largest absolute Gasteiger partial charge is 0.468 e. The van der Waals surface area contributed by atoms with Crippen molar-refractivity contribution in [2.24, 2.45) is 0 Å². The van der Waals surface area contributed by atoms with E-state index in [9.17, 15) is 14.2 Å². The number of benzene rings is 1. The third kappa shape index (κ3) is 7.68. The fraction of sp³-hybridized carbons (Fsp3) is 0.476. The molecule has 0 radical (unpaired) electrons. The number of carbonyl (C=O) groups is 1. The van der Waals surface area contributed by atoms with E-state index in [1.54, 1.807) is 30.3 Å². The number of anilines is 1. The molecule has 0 saturated carbocycles. The third-order valence-corrected chi connectivity index (χ3v) is 6.20. The average Bonchev–Trinajstić information content (AvgIpc) is 3.28. The van der Waals surface area contributed by atoms with E-state index in [1.165, 1.54) is 30.9 Å². The van der Waals surface area contributed by atoms with Crippen LogP contribution in [0.25, 0.3) is 0 Å². The highest BCUT2D eigenvalue weighted by atomic mass is 31.2. The van der Waals surface area contributed by atoms with E-state index in [2.05, 4.69) is 14.8 Å². The summed E-state index contributed by atoms with van der Waals surface area (Å²) in [5.74, 6) is -0.183. The van der Waals surface area contributed by atoms with E-state index in [-0.39, 0.29) is 12.4 Å². The first-order valence-corrected chi connectivity index (χ1v) is 12.2. The fourth-order valence-electron chi connectivity index (χ4n) is 3.02. The lowest BCUT2D eigenvalue weighted by Crippen LogP contribution is -2.35. The zero-order valence-electron chi connectivity index (χ0n) is 19.2. The molecule has 3 unspecified atom stereocenters. The lowest BCUT2D eigenvalue weighted by Gasteiger charge is -2.24. The van der Waals surface area contributed by atoms with Crippen LogP contribution in [0.5, 0.6) is 5.75 Å². The van der Waals surface area contributed by atoms with Crippen molar-refractivity contribution in [3.63, 3.8) is 0 Å². The van der Waals surface area contributed by atoms with E-state index < -0.39 is 37.8 Å². The third-order valence-electron chi connectivity index (χ3n) is 4.55. The van der Waals surface area contributed by atoms with Gasteiger partial charge in [0, 0.05) is 6.20 Å². The van der Waals surface area contributed by atoms with E-state index >= 15 is 0 Å². The Morgan fingerprint density at radius 1 is 1.30 bits per heavy atom. The summed E-state index contributed by atoms with van der Waals surface area (Å²) in [5.41, 5.74) is 5.00. The van der Waals surface area contributed by atoms with Crippen molar-refractivity contribution >= 4 is 19.5 Å². The van der Waals surface area contributed by atoms with Crippen molar-refractivity contribution in [2.45, 2.75) is 52.0 Å². The standard InChI is InChI=1S/C19H25N4O7P.C2H6/c1-13(18(24)27-2)22-31(26,30-14-6-4-3-5-7-14)28-12-15-8-9-17(29-15)23-11-10-16(20)21-19(23)25;1-2/h3-7,10-11,13,15,17H,8-9,12H2,1-2H3,(H,22,26)(H2,20,21,25);1-2H3/t13-,15?,17?,31?;/m0./s1. The Balaban J connectivity index is 0.00000187. The van der Waals surface area contributed by atoms with Crippen molar-refractivity contribution in [1.82, 2.24) is 14.6 Å². The van der Waals surface area contributed by atoms with Crippen molar-refractivity contribution < 1.29 is 27.9 Å². The van der Waals surface area contributed by atoms with Crippen LogP contribution in [-0.4, -0.2) is 41.4 Å². The molecule has 1 saturated heterocycles. The smallest absolute Gasteiger partial charge is 0.459 e. The number of hydrogen-bond acceptors (Lipinski definition) is 9. The van der Waals surface area contributed by atoms with Crippen LogP contribution in [-0.2, 0) is 23.4 Å². The molecule has 3 rings (SSSR count). The summed E-state index contributed by atoms with van der Waals surface area (Å²) < 4.78 is 36.3. The van der Waals surface area contributed by atoms with Crippen LogP contribution < -0.4 is 21.0 Å². The van der Waals surface area contributed by atoms with E-state index in [1.807, 2.05) is 13.8 Å². The predicted molar refractivity (Wildman–Crippen MR) is 123 cm³/mol. The number of rotatable bonds is 9. The molecule has 2 aromatic rings. The first kappa shape index (κ1) is 26.5. The first-order valence-electron chi connectivity index (χ1n) is 10.6. The lowest BCUT2D eigenvalue weighted by atomic mass is 10.2. The highest BCUT2D eigenvalue weighted by Gasteiger charge is 2.35. The Labute approximate surface area is 192 Å². The maximum atomic E-state index is 13.3. The molecule has 1 fully saturated rings. The maximum absolute atomic E-state index is 13.3. The second-order valence-electron chi connectivity index (χ2n) is 6.90. The molecule has 1 aliphatic rings. The number of hydrogen-bond donors (Lipinski definition) is 2. The summed E-state index contributed by atoms with van der Waals surface area (Å²) in [7, 11) is -2.73. The van der Waals surface area contributed by atoms with Crippen LogP contribution in [0, 0.1) is 0 Å². The van der Waals surface area contributed by atoms with Gasteiger partial charge in [-0.2, -0.15) is 10.1 Å². The first-order chi connectivity index (χ1) is 15.8. The number of esters is 1. The molecule has 0 spiro atoms. The zero-order chi connectivity index (χ0) is 24.4. The molecule has 3 N–H and O–H groups in total. The molecule has 12 heteroatoms. The molecule has 33 heavy (non-hydrogen) atoms.